The molecule has 7 heteroatoms. The van der Waals surface area contributed by atoms with Crippen LogP contribution in [-0.4, -0.2) is 34.0 Å². The number of fused-ring (bicyclic) bond motifs is 1. The summed E-state index contributed by atoms with van der Waals surface area (Å²) in [5.41, 5.74) is 7.21. The van der Waals surface area contributed by atoms with E-state index < -0.39 is 10.0 Å². The number of nitrogens with one attached hydrogen (secondary N) is 1. The second-order valence-corrected chi connectivity index (χ2v) is 6.71. The lowest BCUT2D eigenvalue weighted by molar-refractivity contribution is -0.117. The lowest BCUT2D eigenvalue weighted by Gasteiger charge is -2.13. The van der Waals surface area contributed by atoms with Gasteiger partial charge in [-0.3, -0.25) is 4.79 Å². The molecule has 0 fully saturated rings. The van der Waals surface area contributed by atoms with E-state index in [4.69, 9.17) is 5.73 Å². The normalized spacial score (nSPS) is 16.4. The maximum absolute atomic E-state index is 12.2. The van der Waals surface area contributed by atoms with Crippen molar-refractivity contribution >= 4 is 21.6 Å². The molecule has 0 aliphatic carbocycles. The molecular weight excluding hydrogens is 278 g/mol. The van der Waals surface area contributed by atoms with Crippen LogP contribution in [0.1, 0.15) is 18.9 Å². The molecule has 1 atom stereocenters. The number of amides is 1. The predicted molar refractivity (Wildman–Crippen MR) is 77.0 cm³/mol. The summed E-state index contributed by atoms with van der Waals surface area (Å²) in [6, 6.07) is 4.52. The van der Waals surface area contributed by atoms with Gasteiger partial charge in [-0.15, -0.1) is 0 Å². The largest absolute Gasteiger partial charge is 0.327 e. The van der Waals surface area contributed by atoms with Gasteiger partial charge in [0.05, 0.1) is 11.3 Å². The van der Waals surface area contributed by atoms with Gasteiger partial charge in [0.25, 0.3) is 0 Å². The van der Waals surface area contributed by atoms with Crippen molar-refractivity contribution in [3.63, 3.8) is 0 Å². The Morgan fingerprint density at radius 3 is 2.80 bits per heavy atom. The van der Waals surface area contributed by atoms with Crippen molar-refractivity contribution in [2.75, 3.05) is 18.5 Å². The highest BCUT2D eigenvalue weighted by Crippen LogP contribution is 2.29. The minimum Gasteiger partial charge on any atom is -0.327 e. The molecule has 1 amide bonds. The summed E-state index contributed by atoms with van der Waals surface area (Å²) in [6.07, 6.45) is 0.940. The average molecular weight is 297 g/mol. The van der Waals surface area contributed by atoms with Crippen LogP contribution in [0.15, 0.2) is 23.1 Å². The van der Waals surface area contributed by atoms with E-state index in [0.29, 0.717) is 6.42 Å². The van der Waals surface area contributed by atoms with E-state index in [9.17, 15) is 13.2 Å². The Hall–Kier alpha value is -1.44. The monoisotopic (exact) mass is 297 g/mol. The van der Waals surface area contributed by atoms with E-state index in [-0.39, 0.29) is 29.8 Å². The highest BCUT2D eigenvalue weighted by Gasteiger charge is 2.26. The van der Waals surface area contributed by atoms with Crippen LogP contribution in [0.25, 0.3) is 0 Å². The molecule has 20 heavy (non-hydrogen) atoms. The van der Waals surface area contributed by atoms with E-state index in [0.717, 1.165) is 11.3 Å². The fourth-order valence-corrected chi connectivity index (χ4v) is 3.20. The van der Waals surface area contributed by atoms with Crippen molar-refractivity contribution in [1.29, 1.82) is 0 Å². The average Bonchev–Trinajstić information content (AvgIpc) is 2.71. The predicted octanol–water partition coefficient (Wildman–Crippen LogP) is 0.221. The number of nitrogens with zero attached hydrogens (tertiary/aromatic N) is 1. The van der Waals surface area contributed by atoms with E-state index in [1.807, 2.05) is 6.92 Å². The van der Waals surface area contributed by atoms with Gasteiger partial charge in [-0.2, -0.15) is 0 Å². The quantitative estimate of drug-likeness (QED) is 0.813. The topological polar surface area (TPSA) is 92.5 Å². The molecular formula is C13H19N3O3S. The van der Waals surface area contributed by atoms with Gasteiger partial charge in [-0.25, -0.2) is 13.1 Å². The number of rotatable bonds is 5. The van der Waals surface area contributed by atoms with Crippen LogP contribution in [0.4, 0.5) is 5.69 Å². The molecule has 2 rings (SSSR count). The summed E-state index contributed by atoms with van der Waals surface area (Å²) >= 11 is 0. The van der Waals surface area contributed by atoms with Crippen molar-refractivity contribution in [3.8, 4) is 0 Å². The van der Waals surface area contributed by atoms with Gasteiger partial charge in [0, 0.05) is 25.3 Å². The van der Waals surface area contributed by atoms with Crippen LogP contribution >= 0.6 is 0 Å². The number of hydrogen-bond acceptors (Lipinski definition) is 4. The molecule has 1 aliphatic heterocycles. The summed E-state index contributed by atoms with van der Waals surface area (Å²) in [5.74, 6) is -0.0319. The van der Waals surface area contributed by atoms with Crippen molar-refractivity contribution in [3.05, 3.63) is 23.8 Å². The molecule has 1 aromatic rings. The lowest BCUT2D eigenvalue weighted by atomic mass is 10.2. The minimum atomic E-state index is -3.58. The zero-order valence-corrected chi connectivity index (χ0v) is 12.4. The smallest absolute Gasteiger partial charge is 0.240 e. The van der Waals surface area contributed by atoms with E-state index in [1.54, 1.807) is 19.2 Å². The molecule has 0 bridgehead atoms. The Kier molecular flexibility index (Phi) is 4.12. The standard InChI is InChI=1S/C13H19N3O3S/c1-3-10(14)8-15-20(18,19)11-4-5-12-9(6-11)7-13(17)16(12)2/h4-6,10,15H,3,7-8,14H2,1-2H3. The second-order valence-electron chi connectivity index (χ2n) is 4.94. The third-order valence-electron chi connectivity index (χ3n) is 3.50. The third kappa shape index (κ3) is 2.84. The number of nitrogens with two attached hydrogens (primary N) is 1. The van der Waals surface area contributed by atoms with Crippen molar-refractivity contribution < 1.29 is 13.2 Å². The fourth-order valence-electron chi connectivity index (χ4n) is 2.06. The van der Waals surface area contributed by atoms with Crippen LogP contribution in [0.5, 0.6) is 0 Å². The summed E-state index contributed by atoms with van der Waals surface area (Å²) in [7, 11) is -1.90. The minimum absolute atomic E-state index is 0.0319. The number of sulfonamides is 1. The van der Waals surface area contributed by atoms with Gasteiger partial charge >= 0.3 is 0 Å². The Balaban J connectivity index is 2.22. The Bertz CT molecular complexity index is 628. The van der Waals surface area contributed by atoms with Crippen LogP contribution in [-0.2, 0) is 21.2 Å². The van der Waals surface area contributed by atoms with Gasteiger partial charge < -0.3 is 10.6 Å². The molecule has 0 aromatic heterocycles. The van der Waals surface area contributed by atoms with Crippen molar-refractivity contribution in [2.24, 2.45) is 5.73 Å². The van der Waals surface area contributed by atoms with E-state index >= 15 is 0 Å². The Morgan fingerprint density at radius 1 is 1.45 bits per heavy atom. The van der Waals surface area contributed by atoms with Crippen molar-refractivity contribution in [2.45, 2.75) is 30.7 Å². The number of carbonyl (C=O) groups excluding carboxylic acids is 1. The first kappa shape index (κ1) is 15.0. The maximum atomic E-state index is 12.2. The first-order chi connectivity index (χ1) is 9.35. The molecule has 1 aliphatic rings. The number of hydrogen-bond donors (Lipinski definition) is 2. The first-order valence-corrected chi connectivity index (χ1v) is 7.98. The van der Waals surface area contributed by atoms with Gasteiger partial charge in [0.15, 0.2) is 0 Å². The molecule has 3 N–H and O–H groups in total. The highest BCUT2D eigenvalue weighted by molar-refractivity contribution is 7.89. The van der Waals surface area contributed by atoms with Crippen LogP contribution in [0, 0.1) is 0 Å². The maximum Gasteiger partial charge on any atom is 0.240 e. The highest BCUT2D eigenvalue weighted by atomic mass is 32.2. The molecule has 0 saturated heterocycles. The third-order valence-corrected chi connectivity index (χ3v) is 4.92. The number of benzene rings is 1. The molecule has 0 radical (unpaired) electrons. The van der Waals surface area contributed by atoms with Crippen LogP contribution in [0.3, 0.4) is 0 Å². The van der Waals surface area contributed by atoms with Gasteiger partial charge in [0.2, 0.25) is 15.9 Å². The van der Waals surface area contributed by atoms with Gasteiger partial charge in [-0.05, 0) is 30.2 Å². The van der Waals surface area contributed by atoms with Gasteiger partial charge in [0.1, 0.15) is 0 Å². The summed E-state index contributed by atoms with van der Waals surface area (Å²) in [5, 5.41) is 0. The molecule has 0 spiro atoms. The second kappa shape index (κ2) is 5.51. The number of carbonyl (C=O) groups is 1. The van der Waals surface area contributed by atoms with Crippen LogP contribution in [0.2, 0.25) is 0 Å². The van der Waals surface area contributed by atoms with E-state index in [1.165, 1.54) is 11.0 Å². The van der Waals surface area contributed by atoms with Crippen LogP contribution < -0.4 is 15.4 Å². The summed E-state index contributed by atoms with van der Waals surface area (Å²) in [6.45, 7) is 2.10. The summed E-state index contributed by atoms with van der Waals surface area (Å²) in [4.78, 5) is 13.3. The lowest BCUT2D eigenvalue weighted by Crippen LogP contribution is -2.36. The molecule has 1 heterocycles. The zero-order valence-electron chi connectivity index (χ0n) is 11.6. The molecule has 1 aromatic carbocycles. The Labute approximate surface area is 119 Å². The van der Waals surface area contributed by atoms with Crippen molar-refractivity contribution in [1.82, 2.24) is 4.72 Å². The number of likely N-dealkylation sites (N-methyl/N-ethyl adjacent to an activating group) is 1. The van der Waals surface area contributed by atoms with Gasteiger partial charge in [-0.1, -0.05) is 6.92 Å². The Morgan fingerprint density at radius 2 is 2.15 bits per heavy atom. The first-order valence-electron chi connectivity index (χ1n) is 6.50. The molecule has 110 valence electrons. The number of anilines is 1. The molecule has 6 nitrogen and oxygen atoms in total. The van der Waals surface area contributed by atoms with E-state index in [2.05, 4.69) is 4.72 Å². The fraction of sp³-hybridized carbons (Fsp3) is 0.462. The molecule has 0 saturated carbocycles. The summed E-state index contributed by atoms with van der Waals surface area (Å²) < 4.78 is 26.8. The molecule has 1 unspecified atom stereocenters. The zero-order chi connectivity index (χ0) is 14.9. The SMILES string of the molecule is CCC(N)CNS(=O)(=O)c1ccc2c(c1)CC(=O)N2C.